The Kier molecular flexibility index (Phi) is 28.6. The Morgan fingerprint density at radius 3 is 1.75 bits per heavy atom. The molecular formula is C66H89N19O13S. The van der Waals surface area contributed by atoms with Crippen LogP contribution in [0.1, 0.15) is 73.8 Å². The third-order valence-electron chi connectivity index (χ3n) is 16.8. The van der Waals surface area contributed by atoms with Crippen LogP contribution in [0.2, 0.25) is 0 Å². The zero-order valence-corrected chi connectivity index (χ0v) is 55.4. The molecule has 7 rings (SSSR count). The van der Waals surface area contributed by atoms with E-state index in [-0.39, 0.29) is 115 Å². The van der Waals surface area contributed by atoms with Gasteiger partial charge in [-0.1, -0.05) is 91.0 Å². The number of nitrogens with two attached hydrogens (primary N) is 7. The summed E-state index contributed by atoms with van der Waals surface area (Å²) in [6.45, 7) is -1.55. The van der Waals surface area contributed by atoms with Gasteiger partial charge in [0.2, 0.25) is 53.2 Å². The second-order valence-electron chi connectivity index (χ2n) is 24.2. The summed E-state index contributed by atoms with van der Waals surface area (Å²) in [5, 5.41) is 55.1. The van der Waals surface area contributed by atoms with Gasteiger partial charge in [-0.3, -0.25) is 58.1 Å². The smallest absolute Gasteiger partial charge is 0.326 e. The molecular weight excluding hydrogens is 1300 g/mol. The second-order valence-corrected chi connectivity index (χ2v) is 25.2. The van der Waals surface area contributed by atoms with Gasteiger partial charge in [-0.2, -0.15) is 0 Å². The number of hydrogen-bond donors (Lipinski definition) is 17. The van der Waals surface area contributed by atoms with Crippen LogP contribution in [0.3, 0.4) is 0 Å². The van der Waals surface area contributed by atoms with Crippen molar-refractivity contribution in [1.82, 2.24) is 47.0 Å². The van der Waals surface area contributed by atoms with E-state index in [0.717, 1.165) is 26.4 Å². The number of benzene rings is 4. The lowest BCUT2D eigenvalue weighted by molar-refractivity contribution is -0.148. The van der Waals surface area contributed by atoms with Crippen LogP contribution in [-0.2, 0) is 67.2 Å². The van der Waals surface area contributed by atoms with E-state index in [1.165, 1.54) is 16.2 Å². The number of carboxylic acids is 1. The molecule has 0 aliphatic carbocycles. The number of likely N-dealkylation sites (tertiary alicyclic amines) is 2. The molecule has 532 valence electrons. The number of carbonyl (C=O) groups is 10. The number of aliphatic hydroxyl groups excluding tert-OH is 2. The third-order valence-corrected chi connectivity index (χ3v) is 17.7. The van der Waals surface area contributed by atoms with Crippen molar-refractivity contribution in [2.75, 3.05) is 45.9 Å². The number of hydrogen-bond acceptors (Lipinski definition) is 17. The minimum atomic E-state index is -1.77. The monoisotopic (exact) mass is 1390 g/mol. The minimum Gasteiger partial charge on any atom is -0.480 e. The van der Waals surface area contributed by atoms with Crippen LogP contribution in [0.4, 0.5) is 0 Å². The number of aliphatic imine (C=N–C) groups is 3. The van der Waals surface area contributed by atoms with Crippen LogP contribution in [0, 0.1) is 0 Å². The molecule has 2 saturated heterocycles. The summed E-state index contributed by atoms with van der Waals surface area (Å²) in [4.78, 5) is 156. The Bertz CT molecular complexity index is 3750. The highest BCUT2D eigenvalue weighted by Gasteiger charge is 2.46. The number of aliphatic carboxylic acids is 1. The molecule has 2 aliphatic rings. The Hall–Kier alpha value is -10.5. The summed E-state index contributed by atoms with van der Waals surface area (Å²) in [6.07, 6.45) is -0.401. The number of thiophene rings is 1. The first-order valence-electron chi connectivity index (χ1n) is 32.5. The van der Waals surface area contributed by atoms with Gasteiger partial charge in [0.05, 0.1) is 25.3 Å². The van der Waals surface area contributed by atoms with E-state index in [1.807, 2.05) is 54.6 Å². The normalized spacial score (nSPS) is 17.1. The molecule has 99 heavy (non-hydrogen) atoms. The summed E-state index contributed by atoms with van der Waals surface area (Å²) in [6, 6.07) is 16.6. The Morgan fingerprint density at radius 2 is 1.12 bits per heavy atom. The Labute approximate surface area is 574 Å². The van der Waals surface area contributed by atoms with Gasteiger partial charge < -0.3 is 102 Å². The van der Waals surface area contributed by atoms with Gasteiger partial charge in [0.25, 0.3) is 0 Å². The van der Waals surface area contributed by atoms with Gasteiger partial charge in [-0.05, 0) is 95.5 Å². The fourth-order valence-electron chi connectivity index (χ4n) is 11.8. The van der Waals surface area contributed by atoms with E-state index >= 15 is 0 Å². The predicted octanol–water partition coefficient (Wildman–Crippen LogP) is -3.37. The van der Waals surface area contributed by atoms with E-state index < -0.39 is 133 Å². The van der Waals surface area contributed by atoms with Crippen LogP contribution < -0.4 is 77.4 Å². The van der Waals surface area contributed by atoms with Crippen molar-refractivity contribution in [3.8, 4) is 0 Å². The summed E-state index contributed by atoms with van der Waals surface area (Å²) >= 11 is 1.24. The van der Waals surface area contributed by atoms with Crippen molar-refractivity contribution >= 4 is 110 Å². The van der Waals surface area contributed by atoms with Crippen molar-refractivity contribution < 1.29 is 63.3 Å². The lowest BCUT2D eigenvalue weighted by Gasteiger charge is -2.33. The summed E-state index contributed by atoms with van der Waals surface area (Å²) in [5.74, 6) is -9.28. The molecule has 24 N–H and O–H groups in total. The number of rotatable bonds is 36. The number of carbonyl (C=O) groups excluding carboxylic acids is 9. The number of β-amino-alcohol motifs (C(OH)–C–C–N with tert-alkyl or cyclic N) is 1. The number of nitrogens with one attached hydrogen (secondary N) is 7. The number of fused-ring (bicyclic) bond motifs is 2. The molecule has 33 heteroatoms. The van der Waals surface area contributed by atoms with E-state index in [1.54, 1.807) is 47.8 Å². The van der Waals surface area contributed by atoms with Crippen LogP contribution in [0.15, 0.2) is 117 Å². The molecule has 1 aromatic heterocycles. The average Bonchev–Trinajstić information content (AvgIpc) is 1.75. The van der Waals surface area contributed by atoms with Crippen LogP contribution in [-0.4, -0.2) is 208 Å². The molecule has 2 aliphatic heterocycles. The third kappa shape index (κ3) is 22.8. The molecule has 0 spiro atoms. The molecule has 0 bridgehead atoms. The van der Waals surface area contributed by atoms with E-state index in [0.29, 0.717) is 28.8 Å². The molecule has 32 nitrogen and oxygen atoms in total. The molecule has 3 heterocycles. The van der Waals surface area contributed by atoms with E-state index in [4.69, 9.17) is 40.1 Å². The number of carboxylic acid groups (broad SMARTS) is 1. The number of guanidine groups is 3. The van der Waals surface area contributed by atoms with Crippen molar-refractivity contribution in [2.24, 2.45) is 55.1 Å². The quantitative estimate of drug-likeness (QED) is 0.0106. The summed E-state index contributed by atoms with van der Waals surface area (Å²) in [5.41, 5.74) is 40.1. The number of aliphatic hydroxyl groups is 2. The van der Waals surface area contributed by atoms with Gasteiger partial charge in [0.15, 0.2) is 17.9 Å². The molecule has 10 atom stereocenters. The lowest BCUT2D eigenvalue weighted by Crippen LogP contribution is -2.60. The highest BCUT2D eigenvalue weighted by Crippen LogP contribution is 2.27. The van der Waals surface area contributed by atoms with Gasteiger partial charge in [0.1, 0.15) is 48.3 Å². The van der Waals surface area contributed by atoms with Gasteiger partial charge in [-0.15, -0.1) is 11.3 Å². The fraction of sp³-hybridized carbons (Fsp3) is 0.439. The minimum absolute atomic E-state index is 0.0581. The van der Waals surface area contributed by atoms with Crippen LogP contribution in [0.5, 0.6) is 0 Å². The lowest BCUT2D eigenvalue weighted by atomic mass is 9.97. The summed E-state index contributed by atoms with van der Waals surface area (Å²) < 4.78 is 0. The molecule has 2 fully saturated rings. The fourth-order valence-corrected chi connectivity index (χ4v) is 12.6. The maximum absolute atomic E-state index is 14.9. The Morgan fingerprint density at radius 1 is 0.566 bits per heavy atom. The zero-order valence-electron chi connectivity index (χ0n) is 54.6. The van der Waals surface area contributed by atoms with Crippen molar-refractivity contribution in [3.63, 3.8) is 0 Å². The zero-order chi connectivity index (χ0) is 71.7. The maximum Gasteiger partial charge on any atom is 0.326 e. The molecule has 0 unspecified atom stereocenters. The summed E-state index contributed by atoms with van der Waals surface area (Å²) in [7, 11) is 0. The second kappa shape index (κ2) is 37.3. The van der Waals surface area contributed by atoms with Gasteiger partial charge in [0, 0.05) is 63.3 Å². The predicted molar refractivity (Wildman–Crippen MR) is 371 cm³/mol. The van der Waals surface area contributed by atoms with Crippen LogP contribution >= 0.6 is 11.3 Å². The number of amides is 9. The van der Waals surface area contributed by atoms with Crippen molar-refractivity contribution in [1.29, 1.82) is 0 Å². The highest BCUT2D eigenvalue weighted by molar-refractivity contribution is 7.09. The largest absolute Gasteiger partial charge is 0.480 e. The SMILES string of the molecule is NC(N)=NCCC[C@@H](N)C(=O)N[C@@H](CCCN=C(N)N)C(=O)N1CCC[C@H]1C(=O)N1C[C@H](O)C[C@H]1C(=O)NCC(=O)N[C@@H](Cc1cccs1)C(=O)N[C@@H](CO)C(=O)N[C@H](Cc1ccc2ccccc2c1)C(=O)N[C@@H](Cc1cccc2ccccc12)C(=O)N[C@@H](CCCN=C(N)N)C(=O)O. The first-order chi connectivity index (χ1) is 47.4. The molecule has 9 amide bonds. The van der Waals surface area contributed by atoms with Gasteiger partial charge in [-0.25, -0.2) is 4.79 Å². The topological polar surface area (TPSA) is 541 Å². The molecule has 4 aromatic carbocycles. The average molecular weight is 1390 g/mol. The van der Waals surface area contributed by atoms with Gasteiger partial charge >= 0.3 is 5.97 Å². The van der Waals surface area contributed by atoms with Crippen molar-refractivity contribution in [3.05, 3.63) is 118 Å². The first-order valence-corrected chi connectivity index (χ1v) is 33.4. The molecule has 0 radical (unpaired) electrons. The highest BCUT2D eigenvalue weighted by atomic mass is 32.1. The van der Waals surface area contributed by atoms with Crippen molar-refractivity contribution in [2.45, 2.75) is 138 Å². The Balaban J connectivity index is 1.04. The maximum atomic E-state index is 14.9. The van der Waals surface area contributed by atoms with Crippen LogP contribution in [0.25, 0.3) is 21.5 Å². The number of nitrogens with zero attached hydrogens (tertiary/aromatic N) is 5. The van der Waals surface area contributed by atoms with E-state index in [9.17, 15) is 63.3 Å². The molecule has 5 aromatic rings. The first kappa shape index (κ1) is 75.9. The standard InChI is InChI=1S/C66H89N19O13S/c67-45(18-6-24-74-64(68)69)55(89)79-46(19-7-25-75-65(70)71)61(95)84-27-9-21-52(84)62(96)85-35-42(87)32-53(85)60(94)77-34-54(88)78-50(33-43-16-10-28-99-43)58(92)83-51(36-86)59(93)81-48(30-37-22-23-38-11-1-2-13-40(38)29-37)56(90)82-49(31-41-15-5-14-39-12-3-4-17-44(39)41)57(91)80-47(63(97)98)20-8-26-76-66(72)73/h1-5,10-17,22-23,28-29,42,45-53,86-87H,6-9,18-21,24-27,30-36,67H2,(H,77,94)(H,78,88)(H,79,89)(H,80,91)(H,81,93)(H,82,90)(H,83,92)(H,97,98)(H4,68,69,74)(H4,70,71,75)(H4,72,73,76)/t42-,45-,46+,47+,48-,49+,50+,51+,52+,53+/m1/s1. The van der Waals surface area contributed by atoms with E-state index in [2.05, 4.69) is 52.2 Å². The molecule has 0 saturated carbocycles.